The first-order valence-electron chi connectivity index (χ1n) is 8.43. The highest BCUT2D eigenvalue weighted by Gasteiger charge is 2.39. The number of nitrogens with zero attached hydrogens (tertiary/aromatic N) is 6. The Morgan fingerprint density at radius 1 is 1.43 bits per heavy atom. The van der Waals surface area contributed by atoms with Crippen molar-refractivity contribution in [1.82, 2.24) is 28.1 Å². The Morgan fingerprint density at radius 3 is 2.67 bits per heavy atom. The van der Waals surface area contributed by atoms with Crippen LogP contribution in [0.4, 0.5) is 13.2 Å². The van der Waals surface area contributed by atoms with E-state index >= 15 is 0 Å². The molecule has 10 nitrogen and oxygen atoms in total. The second-order valence-corrected chi connectivity index (χ2v) is 7.41. The number of nitrogens with two attached hydrogens (primary N) is 1. The lowest BCUT2D eigenvalue weighted by Gasteiger charge is -2.16. The fourth-order valence-electron chi connectivity index (χ4n) is 2.70. The topological polar surface area (TPSA) is 134 Å². The first-order valence-corrected chi connectivity index (χ1v) is 9.38. The third kappa shape index (κ3) is 4.67. The molecule has 2 aromatic rings. The number of alkyl halides is 4. The van der Waals surface area contributed by atoms with Crippen molar-refractivity contribution in [2.24, 2.45) is 5.73 Å². The molecule has 0 bridgehead atoms. The normalized spacial score (nSPS) is 17.8. The number of hydrogen-bond acceptors (Lipinski definition) is 6. The Bertz CT molecular complexity index is 1090. The van der Waals surface area contributed by atoms with Crippen molar-refractivity contribution >= 4 is 39.6 Å². The van der Waals surface area contributed by atoms with Crippen molar-refractivity contribution in [3.05, 3.63) is 46.2 Å². The predicted molar refractivity (Wildman–Crippen MR) is 98.7 cm³/mol. The van der Waals surface area contributed by atoms with E-state index in [4.69, 9.17) is 17.3 Å². The van der Waals surface area contributed by atoms with Crippen molar-refractivity contribution in [1.29, 1.82) is 0 Å². The molecule has 2 atom stereocenters. The summed E-state index contributed by atoms with van der Waals surface area (Å²) < 4.78 is 41.2. The van der Waals surface area contributed by atoms with Crippen LogP contribution in [-0.4, -0.2) is 73.3 Å². The molecule has 0 saturated carbocycles. The van der Waals surface area contributed by atoms with Crippen molar-refractivity contribution in [3.8, 4) is 0 Å². The lowest BCUT2D eigenvalue weighted by Crippen LogP contribution is -2.37. The van der Waals surface area contributed by atoms with Crippen LogP contribution >= 0.6 is 11.6 Å². The average Bonchev–Trinajstić information content (AvgIpc) is 3.16. The van der Waals surface area contributed by atoms with Gasteiger partial charge in [-0.1, -0.05) is 18.2 Å². The van der Waals surface area contributed by atoms with E-state index < -0.39 is 30.4 Å². The SMILES string of the molecule is NC(=O)c1nc(Cn2nc(C3=CCC(Cl)C=C3)n(CC(O)C(F)(F)F)c2=O)n[n]1[Al]. The third-order valence-corrected chi connectivity index (χ3v) is 4.83. The van der Waals surface area contributed by atoms with Gasteiger partial charge in [-0.05, 0) is 6.42 Å². The molecule has 30 heavy (non-hydrogen) atoms. The summed E-state index contributed by atoms with van der Waals surface area (Å²) in [7, 11) is 0. The Kier molecular flexibility index (Phi) is 6.23. The fraction of sp³-hybridized carbons (Fsp3) is 0.400. The van der Waals surface area contributed by atoms with Gasteiger partial charge in [-0.15, -0.1) is 16.7 Å². The molecule has 0 aromatic carbocycles. The summed E-state index contributed by atoms with van der Waals surface area (Å²) >= 11 is 8.06. The first kappa shape index (κ1) is 22.3. The first-order chi connectivity index (χ1) is 14.0. The van der Waals surface area contributed by atoms with Crippen LogP contribution in [0.3, 0.4) is 0 Å². The van der Waals surface area contributed by atoms with E-state index in [2.05, 4.69) is 31.7 Å². The predicted octanol–water partition coefficient (Wildman–Crippen LogP) is -0.411. The standard InChI is InChI=1S/C15H15ClF3N7O3.Al/c16-8-3-1-7(2-4-8)13-24-26(6-10-21-12(11(20)28)23-22-10)14(29)25(13)5-9(27)15(17,18)19;/h1-3,8-9,27H,4-6H2,(H3,20,21,22,23,28);/q;+1/p-1. The second kappa shape index (κ2) is 8.39. The summed E-state index contributed by atoms with van der Waals surface area (Å²) in [6.07, 6.45) is -2.54. The van der Waals surface area contributed by atoms with Crippen LogP contribution in [0.15, 0.2) is 23.0 Å². The van der Waals surface area contributed by atoms with Gasteiger partial charge in [-0.3, -0.25) is 9.36 Å². The van der Waals surface area contributed by atoms with Gasteiger partial charge in [0, 0.05) is 5.57 Å². The molecule has 1 aliphatic carbocycles. The summed E-state index contributed by atoms with van der Waals surface area (Å²) in [5.74, 6) is -1.14. The van der Waals surface area contributed by atoms with Crippen molar-refractivity contribution in [2.75, 3.05) is 0 Å². The Hall–Kier alpha value is -2.40. The minimum atomic E-state index is -4.92. The summed E-state index contributed by atoms with van der Waals surface area (Å²) in [4.78, 5) is 27.9. The van der Waals surface area contributed by atoms with Gasteiger partial charge in [0.2, 0.25) is 0 Å². The lowest BCUT2D eigenvalue weighted by atomic mass is 10.1. The highest BCUT2D eigenvalue weighted by atomic mass is 35.5. The van der Waals surface area contributed by atoms with Gasteiger partial charge in [0.25, 0.3) is 5.91 Å². The average molecular weight is 460 g/mol. The van der Waals surface area contributed by atoms with Crippen LogP contribution in [0, 0.1) is 0 Å². The van der Waals surface area contributed by atoms with Crippen LogP contribution in [-0.2, 0) is 13.1 Å². The number of halogens is 4. The van der Waals surface area contributed by atoms with E-state index in [-0.39, 0.29) is 29.4 Å². The molecule has 158 valence electrons. The maximum absolute atomic E-state index is 12.9. The number of aromatic nitrogens is 6. The van der Waals surface area contributed by atoms with Gasteiger partial charge < -0.3 is 14.5 Å². The fourth-order valence-corrected chi connectivity index (χ4v) is 3.18. The smallest absolute Gasteiger partial charge is 0.382 e. The van der Waals surface area contributed by atoms with Crippen molar-refractivity contribution in [3.63, 3.8) is 0 Å². The second-order valence-electron chi connectivity index (χ2n) is 6.36. The summed E-state index contributed by atoms with van der Waals surface area (Å²) in [6, 6.07) is 0. The molecule has 2 heterocycles. The number of amides is 1. The molecule has 0 aliphatic heterocycles. The Balaban J connectivity index is 2.01. The van der Waals surface area contributed by atoms with E-state index in [0.717, 1.165) is 12.9 Å². The molecule has 1 amide bonds. The monoisotopic (exact) mass is 459 g/mol. The van der Waals surface area contributed by atoms with Gasteiger partial charge >= 0.3 is 28.4 Å². The molecule has 2 aromatic heterocycles. The highest BCUT2D eigenvalue weighted by Crippen LogP contribution is 2.25. The molecule has 0 fully saturated rings. The van der Waals surface area contributed by atoms with Gasteiger partial charge in [-0.25, -0.2) is 14.5 Å². The number of allylic oxidation sites excluding steroid dienone is 4. The van der Waals surface area contributed by atoms with Crippen LogP contribution in [0.2, 0.25) is 0 Å². The zero-order valence-electron chi connectivity index (χ0n) is 15.1. The molecular weight excluding hydrogens is 446 g/mol. The Labute approximate surface area is 180 Å². The molecule has 0 spiro atoms. The van der Waals surface area contributed by atoms with Gasteiger partial charge in [-0.2, -0.15) is 18.3 Å². The molecule has 0 saturated heterocycles. The van der Waals surface area contributed by atoms with E-state index in [1.807, 2.05) is 0 Å². The van der Waals surface area contributed by atoms with Crippen LogP contribution in [0.25, 0.3) is 5.57 Å². The summed E-state index contributed by atoms with van der Waals surface area (Å²) in [6.45, 7) is -1.39. The summed E-state index contributed by atoms with van der Waals surface area (Å²) in [5, 5.41) is 17.2. The van der Waals surface area contributed by atoms with E-state index in [1.165, 1.54) is 6.08 Å². The number of carbonyl (C=O) groups excluding carboxylic acids is 1. The molecule has 1 aliphatic rings. The van der Waals surface area contributed by atoms with Crippen LogP contribution in [0.1, 0.15) is 28.7 Å². The lowest BCUT2D eigenvalue weighted by molar-refractivity contribution is -0.207. The number of aliphatic hydroxyl groups is 1. The van der Waals surface area contributed by atoms with Gasteiger partial charge in [0.15, 0.2) is 23.6 Å². The Morgan fingerprint density at radius 2 is 2.13 bits per heavy atom. The maximum Gasteiger partial charge on any atom is 0.416 e. The molecule has 2 unspecified atom stereocenters. The quantitative estimate of drug-likeness (QED) is 0.445. The van der Waals surface area contributed by atoms with Crippen molar-refractivity contribution in [2.45, 2.75) is 37.2 Å². The molecule has 3 N–H and O–H groups in total. The zero-order valence-corrected chi connectivity index (χ0v) is 17.0. The number of carbonyl (C=O) groups is 1. The van der Waals surface area contributed by atoms with E-state index in [0.29, 0.717) is 12.0 Å². The maximum atomic E-state index is 12.9. The molecular formula is C15H14AlClF3N7O3. The van der Waals surface area contributed by atoms with Gasteiger partial charge in [0.1, 0.15) is 6.54 Å². The highest BCUT2D eigenvalue weighted by molar-refractivity contribution is 6.22. The zero-order chi connectivity index (χ0) is 22.2. The largest absolute Gasteiger partial charge is 0.416 e. The number of aliphatic hydroxyl groups excluding tert-OH is 1. The van der Waals surface area contributed by atoms with E-state index in [1.54, 1.807) is 12.2 Å². The number of primary amides is 1. The van der Waals surface area contributed by atoms with Crippen LogP contribution < -0.4 is 11.4 Å². The van der Waals surface area contributed by atoms with Gasteiger partial charge in [0.05, 0.1) is 11.9 Å². The molecule has 2 radical (unpaired) electrons. The van der Waals surface area contributed by atoms with Crippen LogP contribution in [0.5, 0.6) is 0 Å². The number of rotatable bonds is 6. The number of hydrogen-bond donors (Lipinski definition) is 2. The third-order valence-electron chi connectivity index (χ3n) is 4.15. The minimum Gasteiger partial charge on any atom is -0.382 e. The minimum absolute atomic E-state index is 0.0116. The molecule has 15 heteroatoms. The molecule has 3 rings (SSSR count). The van der Waals surface area contributed by atoms with Crippen molar-refractivity contribution < 1.29 is 23.1 Å². The van der Waals surface area contributed by atoms with E-state index in [9.17, 15) is 27.9 Å². The summed E-state index contributed by atoms with van der Waals surface area (Å²) in [5.41, 5.74) is 4.61.